The predicted molar refractivity (Wildman–Crippen MR) is 56.6 cm³/mol. The van der Waals surface area contributed by atoms with Gasteiger partial charge in [0.25, 0.3) is 5.91 Å². The van der Waals surface area contributed by atoms with Crippen molar-refractivity contribution < 1.29 is 14.8 Å². The summed E-state index contributed by atoms with van der Waals surface area (Å²) in [6, 6.07) is -0.483. The molecular weight excluding hydrogens is 208 g/mol. The van der Waals surface area contributed by atoms with Crippen LogP contribution in [0.15, 0.2) is 0 Å². The number of hydrogen-bond acceptors (Lipinski definition) is 3. The van der Waals surface area contributed by atoms with E-state index in [9.17, 15) is 9.59 Å². The van der Waals surface area contributed by atoms with E-state index < -0.39 is 11.9 Å². The van der Waals surface area contributed by atoms with Gasteiger partial charge in [0, 0.05) is 12.0 Å². The Morgan fingerprint density at radius 2 is 2.06 bits per heavy atom. The molecule has 1 aliphatic carbocycles. The maximum absolute atomic E-state index is 12.2. The number of rotatable bonds is 2. The average Bonchev–Trinajstić information content (AvgIpc) is 3.06. The summed E-state index contributed by atoms with van der Waals surface area (Å²) in [5, 5.41) is 8.67. The van der Waals surface area contributed by atoms with Gasteiger partial charge >= 0.3 is 0 Å². The summed E-state index contributed by atoms with van der Waals surface area (Å²) < 4.78 is 0. The Morgan fingerprint density at radius 1 is 1.38 bits per heavy atom. The van der Waals surface area contributed by atoms with Gasteiger partial charge in [0.15, 0.2) is 0 Å². The van der Waals surface area contributed by atoms with Crippen molar-refractivity contribution in [1.82, 2.24) is 10.4 Å². The molecule has 1 saturated carbocycles. The number of nitrogens with zero attached hydrogens (tertiary/aromatic N) is 1. The van der Waals surface area contributed by atoms with Crippen molar-refractivity contribution in [1.29, 1.82) is 0 Å². The number of hydroxylamine groups is 1. The molecule has 1 heterocycles. The predicted octanol–water partition coefficient (Wildman–Crippen LogP) is 0.673. The highest BCUT2D eigenvalue weighted by molar-refractivity contribution is 5.91. The zero-order chi connectivity index (χ0) is 11.8. The lowest BCUT2D eigenvalue weighted by Gasteiger charge is -2.35. The van der Waals surface area contributed by atoms with E-state index in [1.165, 1.54) is 0 Å². The van der Waals surface area contributed by atoms with E-state index in [1.807, 2.05) is 6.92 Å². The maximum atomic E-state index is 12.2. The molecule has 5 heteroatoms. The van der Waals surface area contributed by atoms with Crippen LogP contribution in [0.5, 0.6) is 0 Å². The van der Waals surface area contributed by atoms with E-state index in [1.54, 1.807) is 10.4 Å². The van der Waals surface area contributed by atoms with Crippen molar-refractivity contribution in [2.45, 2.75) is 45.1 Å². The van der Waals surface area contributed by atoms with Gasteiger partial charge in [-0.2, -0.15) is 0 Å². The summed E-state index contributed by atoms with van der Waals surface area (Å²) in [4.78, 5) is 25.3. The number of carbonyl (C=O) groups is 2. The van der Waals surface area contributed by atoms with Crippen molar-refractivity contribution in [3.05, 3.63) is 0 Å². The molecule has 1 atom stereocenters. The fourth-order valence-corrected chi connectivity index (χ4v) is 2.27. The van der Waals surface area contributed by atoms with Crippen LogP contribution < -0.4 is 5.48 Å². The summed E-state index contributed by atoms with van der Waals surface area (Å²) in [5.74, 6) is -0.391. The maximum Gasteiger partial charge on any atom is 0.266 e. The van der Waals surface area contributed by atoms with Gasteiger partial charge in [-0.1, -0.05) is 6.92 Å². The Labute approximate surface area is 94.8 Å². The number of hydrogen-bond donors (Lipinski definition) is 2. The molecule has 0 aromatic carbocycles. The summed E-state index contributed by atoms with van der Waals surface area (Å²) in [5.41, 5.74) is 1.41. The first kappa shape index (κ1) is 11.4. The quantitative estimate of drug-likeness (QED) is 0.537. The lowest BCUT2D eigenvalue weighted by molar-refractivity contribution is -0.149. The molecule has 1 aliphatic heterocycles. The van der Waals surface area contributed by atoms with E-state index in [0.29, 0.717) is 13.0 Å². The molecule has 0 radical (unpaired) electrons. The van der Waals surface area contributed by atoms with Crippen molar-refractivity contribution in [2.24, 2.45) is 5.41 Å². The zero-order valence-electron chi connectivity index (χ0n) is 9.53. The van der Waals surface area contributed by atoms with Crippen LogP contribution in [-0.4, -0.2) is 34.5 Å². The highest BCUT2D eigenvalue weighted by atomic mass is 16.5. The lowest BCUT2D eigenvalue weighted by atomic mass is 9.98. The van der Waals surface area contributed by atoms with Crippen LogP contribution in [0.25, 0.3) is 0 Å². The Bertz CT molecular complexity index is 312. The minimum absolute atomic E-state index is 0.0702. The van der Waals surface area contributed by atoms with Crippen LogP contribution in [0.4, 0.5) is 0 Å². The Morgan fingerprint density at radius 3 is 2.62 bits per heavy atom. The van der Waals surface area contributed by atoms with E-state index in [4.69, 9.17) is 5.21 Å². The molecular formula is C11H18N2O3. The summed E-state index contributed by atoms with van der Waals surface area (Å²) in [6.45, 7) is 2.57. The van der Waals surface area contributed by atoms with Gasteiger partial charge in [0.05, 0.1) is 0 Å². The Kier molecular flexibility index (Phi) is 2.88. The first-order chi connectivity index (χ1) is 7.58. The molecule has 0 aromatic rings. The smallest absolute Gasteiger partial charge is 0.266 e. The number of nitrogens with one attached hydrogen (secondary N) is 1. The normalized spacial score (nSPS) is 27.4. The summed E-state index contributed by atoms with van der Waals surface area (Å²) in [6.07, 6.45) is 4.34. The molecule has 2 rings (SSSR count). The molecule has 0 bridgehead atoms. The topological polar surface area (TPSA) is 69.6 Å². The molecule has 90 valence electrons. The van der Waals surface area contributed by atoms with Crippen LogP contribution >= 0.6 is 0 Å². The zero-order valence-corrected chi connectivity index (χ0v) is 9.53. The average molecular weight is 226 g/mol. The SMILES string of the molecule is CC1(C(=O)N2CCCCC2C(=O)NO)CC1. The van der Waals surface area contributed by atoms with Gasteiger partial charge in [0.1, 0.15) is 6.04 Å². The van der Waals surface area contributed by atoms with E-state index in [2.05, 4.69) is 0 Å². The highest BCUT2D eigenvalue weighted by Gasteiger charge is 2.49. The molecule has 2 aliphatic rings. The third kappa shape index (κ3) is 1.91. The molecule has 2 amide bonds. The first-order valence-electron chi connectivity index (χ1n) is 5.83. The highest BCUT2D eigenvalue weighted by Crippen LogP contribution is 2.47. The van der Waals surface area contributed by atoms with Crippen LogP contribution in [0.2, 0.25) is 0 Å². The fraction of sp³-hybridized carbons (Fsp3) is 0.818. The largest absolute Gasteiger partial charge is 0.330 e. The second-order valence-corrected chi connectivity index (χ2v) is 5.05. The van der Waals surface area contributed by atoms with Gasteiger partial charge in [-0.05, 0) is 32.1 Å². The number of likely N-dealkylation sites (tertiary alicyclic amines) is 1. The number of amides is 2. The molecule has 0 spiro atoms. The van der Waals surface area contributed by atoms with E-state index >= 15 is 0 Å². The molecule has 5 nitrogen and oxygen atoms in total. The summed E-state index contributed by atoms with van der Waals surface area (Å²) >= 11 is 0. The van der Waals surface area contributed by atoms with Crippen molar-refractivity contribution in [3.63, 3.8) is 0 Å². The van der Waals surface area contributed by atoms with Crippen molar-refractivity contribution in [3.8, 4) is 0 Å². The molecule has 1 unspecified atom stereocenters. The molecule has 2 N–H and O–H groups in total. The van der Waals surface area contributed by atoms with Crippen LogP contribution in [0.3, 0.4) is 0 Å². The minimum Gasteiger partial charge on any atom is -0.330 e. The molecule has 16 heavy (non-hydrogen) atoms. The Balaban J connectivity index is 2.10. The van der Waals surface area contributed by atoms with Crippen molar-refractivity contribution >= 4 is 11.8 Å². The number of carbonyl (C=O) groups excluding carboxylic acids is 2. The van der Waals surface area contributed by atoms with Gasteiger partial charge in [-0.15, -0.1) is 0 Å². The van der Waals surface area contributed by atoms with Crippen LogP contribution in [0, 0.1) is 5.41 Å². The number of piperidine rings is 1. The Hall–Kier alpha value is -1.10. The van der Waals surface area contributed by atoms with Gasteiger partial charge in [-0.25, -0.2) is 5.48 Å². The van der Waals surface area contributed by atoms with E-state index in [0.717, 1.165) is 25.7 Å². The van der Waals surface area contributed by atoms with Gasteiger partial charge < -0.3 is 4.90 Å². The lowest BCUT2D eigenvalue weighted by Crippen LogP contribution is -2.53. The molecule has 2 fully saturated rings. The third-order valence-corrected chi connectivity index (χ3v) is 3.69. The van der Waals surface area contributed by atoms with Gasteiger partial charge in [0.2, 0.25) is 5.91 Å². The standard InChI is InChI=1S/C11H18N2O3/c1-11(5-6-11)10(15)13-7-3-2-4-8(13)9(14)12-16/h8,16H,2-7H2,1H3,(H,12,14). The first-order valence-corrected chi connectivity index (χ1v) is 5.83. The monoisotopic (exact) mass is 226 g/mol. The van der Waals surface area contributed by atoms with Crippen molar-refractivity contribution in [2.75, 3.05) is 6.54 Å². The fourth-order valence-electron chi connectivity index (χ4n) is 2.27. The minimum atomic E-state index is -0.483. The second-order valence-electron chi connectivity index (χ2n) is 5.05. The molecule has 0 aromatic heterocycles. The van der Waals surface area contributed by atoms with Crippen LogP contribution in [0.1, 0.15) is 39.0 Å². The second kappa shape index (κ2) is 4.05. The summed E-state index contributed by atoms with van der Waals surface area (Å²) in [7, 11) is 0. The van der Waals surface area contributed by atoms with E-state index in [-0.39, 0.29) is 11.3 Å². The third-order valence-electron chi connectivity index (χ3n) is 3.69. The van der Waals surface area contributed by atoms with Crippen LogP contribution in [-0.2, 0) is 9.59 Å². The molecule has 1 saturated heterocycles. The van der Waals surface area contributed by atoms with Gasteiger partial charge in [-0.3, -0.25) is 14.8 Å².